The Kier molecular flexibility index (Phi) is 5.80. The molecule has 2 N–H and O–H groups in total. The minimum absolute atomic E-state index is 0.408. The van der Waals surface area contributed by atoms with Crippen molar-refractivity contribution in [3.8, 4) is 0 Å². The second-order valence-corrected chi connectivity index (χ2v) is 6.31. The zero-order valence-electron chi connectivity index (χ0n) is 11.4. The van der Waals surface area contributed by atoms with Crippen molar-refractivity contribution in [1.82, 2.24) is 5.32 Å². The molecule has 1 aliphatic rings. The summed E-state index contributed by atoms with van der Waals surface area (Å²) in [7, 11) is 0. The average Bonchev–Trinajstić information content (AvgIpc) is 2.55. The molecule has 0 radical (unpaired) electrons. The fourth-order valence-electron chi connectivity index (χ4n) is 2.71. The summed E-state index contributed by atoms with van der Waals surface area (Å²) in [5.41, 5.74) is 0.999. The van der Waals surface area contributed by atoms with E-state index in [0.717, 1.165) is 18.7 Å². The number of anilines is 1. The molecule has 0 bridgehead atoms. The van der Waals surface area contributed by atoms with Gasteiger partial charge < -0.3 is 10.6 Å². The molecule has 0 amide bonds. The first-order chi connectivity index (χ1) is 9.13. The number of hydrogen-bond acceptors (Lipinski definition) is 2. The molecule has 4 heteroatoms. The van der Waals surface area contributed by atoms with Gasteiger partial charge in [-0.25, -0.2) is 0 Å². The molecule has 1 heterocycles. The van der Waals surface area contributed by atoms with Gasteiger partial charge >= 0.3 is 0 Å². The largest absolute Gasteiger partial charge is 0.382 e. The van der Waals surface area contributed by atoms with Crippen molar-refractivity contribution in [3.05, 3.63) is 28.2 Å². The number of halogens is 2. The third-order valence-electron chi connectivity index (χ3n) is 3.58. The van der Waals surface area contributed by atoms with Crippen molar-refractivity contribution < 1.29 is 0 Å². The summed E-state index contributed by atoms with van der Waals surface area (Å²) in [6.45, 7) is 3.36. The van der Waals surface area contributed by atoms with Crippen LogP contribution in [0.1, 0.15) is 39.0 Å². The summed E-state index contributed by atoms with van der Waals surface area (Å²) in [5.74, 6) is 0. The number of rotatable bonds is 4. The van der Waals surface area contributed by atoms with Crippen molar-refractivity contribution in [2.75, 3.05) is 11.9 Å². The van der Waals surface area contributed by atoms with E-state index in [0.29, 0.717) is 22.1 Å². The molecule has 1 aliphatic heterocycles. The Labute approximate surface area is 125 Å². The van der Waals surface area contributed by atoms with Crippen LogP contribution in [0.5, 0.6) is 0 Å². The summed E-state index contributed by atoms with van der Waals surface area (Å²) >= 11 is 12.0. The topological polar surface area (TPSA) is 24.1 Å². The van der Waals surface area contributed by atoms with Crippen LogP contribution < -0.4 is 10.6 Å². The molecule has 1 fully saturated rings. The van der Waals surface area contributed by atoms with Gasteiger partial charge in [-0.3, -0.25) is 0 Å². The minimum Gasteiger partial charge on any atom is -0.382 e. The SMILES string of the molecule is CC(CC1CCCCCN1)Nc1cc(Cl)cc(Cl)c1. The highest BCUT2D eigenvalue weighted by molar-refractivity contribution is 6.35. The predicted molar refractivity (Wildman–Crippen MR) is 84.4 cm³/mol. The van der Waals surface area contributed by atoms with Gasteiger partial charge in [0.2, 0.25) is 0 Å². The average molecular weight is 301 g/mol. The van der Waals surface area contributed by atoms with Gasteiger partial charge in [-0.05, 0) is 50.9 Å². The smallest absolute Gasteiger partial charge is 0.0441 e. The molecular weight excluding hydrogens is 279 g/mol. The van der Waals surface area contributed by atoms with Gasteiger partial charge in [0.1, 0.15) is 0 Å². The highest BCUT2D eigenvalue weighted by Gasteiger charge is 2.15. The van der Waals surface area contributed by atoms with Crippen molar-refractivity contribution >= 4 is 28.9 Å². The fraction of sp³-hybridized carbons (Fsp3) is 0.600. The summed E-state index contributed by atoms with van der Waals surface area (Å²) in [6.07, 6.45) is 6.41. The van der Waals surface area contributed by atoms with E-state index in [4.69, 9.17) is 23.2 Å². The van der Waals surface area contributed by atoms with Crippen LogP contribution in [-0.4, -0.2) is 18.6 Å². The van der Waals surface area contributed by atoms with Crippen LogP contribution in [0.4, 0.5) is 5.69 Å². The monoisotopic (exact) mass is 300 g/mol. The lowest BCUT2D eigenvalue weighted by Crippen LogP contribution is -2.33. The molecule has 2 atom stereocenters. The Hall–Kier alpha value is -0.440. The molecule has 0 saturated carbocycles. The minimum atomic E-state index is 0.408. The Morgan fingerprint density at radius 1 is 1.21 bits per heavy atom. The third-order valence-corrected chi connectivity index (χ3v) is 4.01. The van der Waals surface area contributed by atoms with Gasteiger partial charge in [-0.2, -0.15) is 0 Å². The Morgan fingerprint density at radius 3 is 2.68 bits per heavy atom. The van der Waals surface area contributed by atoms with E-state index in [1.54, 1.807) is 6.07 Å². The zero-order valence-corrected chi connectivity index (χ0v) is 12.9. The first-order valence-electron chi connectivity index (χ1n) is 7.09. The van der Waals surface area contributed by atoms with E-state index < -0.39 is 0 Å². The second kappa shape index (κ2) is 7.37. The molecule has 0 aliphatic carbocycles. The molecule has 2 unspecified atom stereocenters. The van der Waals surface area contributed by atoms with Crippen LogP contribution in [0.2, 0.25) is 10.0 Å². The van der Waals surface area contributed by atoms with Gasteiger partial charge in [0.05, 0.1) is 0 Å². The van der Waals surface area contributed by atoms with Crippen LogP contribution >= 0.6 is 23.2 Å². The molecule has 1 aromatic rings. The molecule has 1 aromatic carbocycles. The number of benzene rings is 1. The van der Waals surface area contributed by atoms with E-state index in [9.17, 15) is 0 Å². The Bertz CT molecular complexity index is 381. The van der Waals surface area contributed by atoms with E-state index in [1.807, 2.05) is 12.1 Å². The molecule has 106 valence electrons. The fourth-order valence-corrected chi connectivity index (χ4v) is 3.24. The van der Waals surface area contributed by atoms with Crippen molar-refractivity contribution in [1.29, 1.82) is 0 Å². The van der Waals surface area contributed by atoms with Gasteiger partial charge in [-0.1, -0.05) is 36.0 Å². The standard InChI is InChI=1S/C15H22Cl2N2/c1-11(7-14-5-3-2-4-6-18-14)19-15-9-12(16)8-13(17)10-15/h8-11,14,18-19H,2-7H2,1H3. The lowest BCUT2D eigenvalue weighted by atomic mass is 10.0. The Morgan fingerprint density at radius 2 is 1.95 bits per heavy atom. The van der Waals surface area contributed by atoms with Crippen molar-refractivity contribution in [2.45, 2.75) is 51.1 Å². The lowest BCUT2D eigenvalue weighted by molar-refractivity contribution is 0.456. The van der Waals surface area contributed by atoms with Crippen LogP contribution in [-0.2, 0) is 0 Å². The highest BCUT2D eigenvalue weighted by Crippen LogP contribution is 2.23. The van der Waals surface area contributed by atoms with E-state index in [-0.39, 0.29) is 0 Å². The summed E-state index contributed by atoms with van der Waals surface area (Å²) < 4.78 is 0. The van der Waals surface area contributed by atoms with E-state index in [1.165, 1.54) is 25.7 Å². The summed E-state index contributed by atoms with van der Waals surface area (Å²) in [6, 6.07) is 6.63. The van der Waals surface area contributed by atoms with Gasteiger partial charge in [0, 0.05) is 27.8 Å². The number of nitrogens with one attached hydrogen (secondary N) is 2. The van der Waals surface area contributed by atoms with Crippen molar-refractivity contribution in [2.24, 2.45) is 0 Å². The van der Waals surface area contributed by atoms with Crippen LogP contribution in [0, 0.1) is 0 Å². The molecule has 1 saturated heterocycles. The first kappa shape index (κ1) is 15.0. The van der Waals surface area contributed by atoms with E-state index in [2.05, 4.69) is 17.6 Å². The zero-order chi connectivity index (χ0) is 13.7. The molecule has 2 rings (SSSR count). The van der Waals surface area contributed by atoms with Gasteiger partial charge in [-0.15, -0.1) is 0 Å². The quantitative estimate of drug-likeness (QED) is 0.841. The molecule has 0 aromatic heterocycles. The van der Waals surface area contributed by atoms with Crippen LogP contribution in [0.3, 0.4) is 0 Å². The van der Waals surface area contributed by atoms with Crippen molar-refractivity contribution in [3.63, 3.8) is 0 Å². The maximum absolute atomic E-state index is 6.01. The third kappa shape index (κ3) is 5.21. The maximum Gasteiger partial charge on any atom is 0.0441 e. The van der Waals surface area contributed by atoms with Crippen LogP contribution in [0.15, 0.2) is 18.2 Å². The van der Waals surface area contributed by atoms with E-state index >= 15 is 0 Å². The second-order valence-electron chi connectivity index (χ2n) is 5.44. The number of hydrogen-bond donors (Lipinski definition) is 2. The summed E-state index contributed by atoms with van der Waals surface area (Å²) in [4.78, 5) is 0. The molecular formula is C15H22Cl2N2. The van der Waals surface area contributed by atoms with Gasteiger partial charge in [0.15, 0.2) is 0 Å². The normalized spacial score (nSPS) is 21.7. The molecule has 0 spiro atoms. The highest BCUT2D eigenvalue weighted by atomic mass is 35.5. The van der Waals surface area contributed by atoms with Gasteiger partial charge in [0.25, 0.3) is 0 Å². The maximum atomic E-state index is 6.01. The first-order valence-corrected chi connectivity index (χ1v) is 7.85. The predicted octanol–water partition coefficient (Wildman–Crippen LogP) is 4.72. The summed E-state index contributed by atoms with van der Waals surface area (Å²) in [5, 5.41) is 8.46. The molecule has 2 nitrogen and oxygen atoms in total. The lowest BCUT2D eigenvalue weighted by Gasteiger charge is -2.22. The van der Waals surface area contributed by atoms with Crippen LogP contribution in [0.25, 0.3) is 0 Å². The molecule has 19 heavy (non-hydrogen) atoms. The Balaban J connectivity index is 1.87.